The molecule has 0 saturated heterocycles. The van der Waals surface area contributed by atoms with E-state index in [1.165, 1.54) is 11.1 Å². The molecule has 5 nitrogen and oxygen atoms in total. The standard InChI is InChI=1S/C16H17N3O2S/c20-15(9-5-11-22-14-7-2-1-3-8-14)18-19-16(21)13-6-4-10-17-12-13/h1-4,6-8,10,12H,5,9,11H2,(H,18,20)(H,19,21). The van der Waals surface area contributed by atoms with Crippen molar-refractivity contribution in [3.8, 4) is 0 Å². The summed E-state index contributed by atoms with van der Waals surface area (Å²) in [6.07, 6.45) is 4.14. The van der Waals surface area contributed by atoms with Gasteiger partial charge in [-0.25, -0.2) is 0 Å². The van der Waals surface area contributed by atoms with E-state index >= 15 is 0 Å². The lowest BCUT2D eigenvalue weighted by Gasteiger charge is -2.07. The van der Waals surface area contributed by atoms with E-state index in [0.29, 0.717) is 12.0 Å². The minimum absolute atomic E-state index is 0.203. The Balaban J connectivity index is 1.61. The molecule has 6 heteroatoms. The SMILES string of the molecule is O=C(CCCSc1ccccc1)NNC(=O)c1cccnc1. The first kappa shape index (κ1) is 16.0. The van der Waals surface area contributed by atoms with Crippen LogP contribution in [-0.4, -0.2) is 22.6 Å². The molecule has 22 heavy (non-hydrogen) atoms. The topological polar surface area (TPSA) is 71.1 Å². The molecule has 0 unspecified atom stereocenters. The van der Waals surface area contributed by atoms with Gasteiger partial charge in [-0.15, -0.1) is 11.8 Å². The van der Waals surface area contributed by atoms with Crippen LogP contribution in [0, 0.1) is 0 Å². The first-order valence-corrected chi connectivity index (χ1v) is 7.91. The van der Waals surface area contributed by atoms with Gasteiger partial charge in [-0.2, -0.15) is 0 Å². The van der Waals surface area contributed by atoms with Crippen LogP contribution in [0.25, 0.3) is 0 Å². The third-order valence-corrected chi connectivity index (χ3v) is 3.90. The quantitative estimate of drug-likeness (QED) is 0.488. The third-order valence-electron chi connectivity index (χ3n) is 2.80. The predicted octanol–water partition coefficient (Wildman–Crippen LogP) is 2.42. The summed E-state index contributed by atoms with van der Waals surface area (Å²) < 4.78 is 0. The van der Waals surface area contributed by atoms with Crippen LogP contribution in [0.1, 0.15) is 23.2 Å². The van der Waals surface area contributed by atoms with E-state index in [-0.39, 0.29) is 11.8 Å². The average Bonchev–Trinajstić information content (AvgIpc) is 2.58. The number of carbonyl (C=O) groups excluding carboxylic acids is 2. The average molecular weight is 315 g/mol. The molecule has 2 aromatic rings. The van der Waals surface area contributed by atoms with Crippen molar-refractivity contribution in [2.45, 2.75) is 17.7 Å². The Morgan fingerprint density at radius 2 is 1.86 bits per heavy atom. The lowest BCUT2D eigenvalue weighted by atomic mass is 10.3. The molecule has 1 aromatic carbocycles. The number of aromatic nitrogens is 1. The number of thioether (sulfide) groups is 1. The van der Waals surface area contributed by atoms with E-state index in [1.807, 2.05) is 30.3 Å². The number of rotatable bonds is 6. The Labute approximate surface area is 133 Å². The fourth-order valence-electron chi connectivity index (χ4n) is 1.70. The second kappa shape index (κ2) is 8.84. The van der Waals surface area contributed by atoms with Crippen LogP contribution in [-0.2, 0) is 4.79 Å². The third kappa shape index (κ3) is 5.57. The highest BCUT2D eigenvalue weighted by molar-refractivity contribution is 7.99. The summed E-state index contributed by atoms with van der Waals surface area (Å²) in [7, 11) is 0. The van der Waals surface area contributed by atoms with Crippen LogP contribution < -0.4 is 10.9 Å². The molecule has 2 rings (SSSR count). The molecule has 0 aliphatic rings. The molecule has 1 aromatic heterocycles. The summed E-state index contributed by atoms with van der Waals surface area (Å²) in [6, 6.07) is 13.3. The summed E-state index contributed by atoms with van der Waals surface area (Å²) in [4.78, 5) is 28.4. The van der Waals surface area contributed by atoms with E-state index in [0.717, 1.165) is 12.2 Å². The minimum Gasteiger partial charge on any atom is -0.273 e. The fourth-order valence-corrected chi connectivity index (χ4v) is 2.57. The highest BCUT2D eigenvalue weighted by atomic mass is 32.2. The Kier molecular flexibility index (Phi) is 6.44. The largest absolute Gasteiger partial charge is 0.273 e. The molecular weight excluding hydrogens is 298 g/mol. The predicted molar refractivity (Wildman–Crippen MR) is 86.2 cm³/mol. The molecule has 0 fully saturated rings. The number of hydrazine groups is 1. The van der Waals surface area contributed by atoms with Crippen LogP contribution >= 0.6 is 11.8 Å². The number of hydrogen-bond donors (Lipinski definition) is 2. The van der Waals surface area contributed by atoms with Crippen molar-refractivity contribution in [2.75, 3.05) is 5.75 Å². The van der Waals surface area contributed by atoms with Crippen molar-refractivity contribution in [1.29, 1.82) is 0 Å². The first-order valence-electron chi connectivity index (χ1n) is 6.93. The van der Waals surface area contributed by atoms with Crippen LogP contribution in [0.4, 0.5) is 0 Å². The number of pyridine rings is 1. The lowest BCUT2D eigenvalue weighted by Crippen LogP contribution is -2.41. The molecule has 0 aliphatic heterocycles. The van der Waals surface area contributed by atoms with Gasteiger partial charge in [-0.3, -0.25) is 25.4 Å². The second-order valence-corrected chi connectivity index (χ2v) is 5.68. The van der Waals surface area contributed by atoms with Gasteiger partial charge in [0.25, 0.3) is 5.91 Å². The normalized spacial score (nSPS) is 10.0. The van der Waals surface area contributed by atoms with E-state index in [1.54, 1.807) is 30.1 Å². The summed E-state index contributed by atoms with van der Waals surface area (Å²) in [5.41, 5.74) is 5.18. The van der Waals surface area contributed by atoms with Gasteiger partial charge >= 0.3 is 0 Å². The number of amides is 2. The van der Waals surface area contributed by atoms with Crippen molar-refractivity contribution in [3.05, 3.63) is 60.4 Å². The molecule has 0 aliphatic carbocycles. The second-order valence-electron chi connectivity index (χ2n) is 4.51. The molecule has 0 saturated carbocycles. The van der Waals surface area contributed by atoms with Crippen molar-refractivity contribution in [3.63, 3.8) is 0 Å². The summed E-state index contributed by atoms with van der Waals surface area (Å²) >= 11 is 1.71. The van der Waals surface area contributed by atoms with Crippen LogP contribution in [0.5, 0.6) is 0 Å². The van der Waals surface area contributed by atoms with E-state index < -0.39 is 0 Å². The van der Waals surface area contributed by atoms with Crippen LogP contribution in [0.2, 0.25) is 0 Å². The van der Waals surface area contributed by atoms with Gasteiger partial charge in [0.1, 0.15) is 0 Å². The Morgan fingerprint density at radius 1 is 1.05 bits per heavy atom. The minimum atomic E-state index is -0.375. The highest BCUT2D eigenvalue weighted by Gasteiger charge is 2.06. The van der Waals surface area contributed by atoms with E-state index in [2.05, 4.69) is 15.8 Å². The maximum atomic E-state index is 11.7. The maximum absolute atomic E-state index is 11.7. The number of hydrogen-bond acceptors (Lipinski definition) is 4. The van der Waals surface area contributed by atoms with Gasteiger partial charge in [-0.1, -0.05) is 18.2 Å². The molecular formula is C16H17N3O2S. The molecule has 0 radical (unpaired) electrons. The molecule has 114 valence electrons. The summed E-state index contributed by atoms with van der Waals surface area (Å²) in [5.74, 6) is 0.277. The Bertz CT molecular complexity index is 605. The van der Waals surface area contributed by atoms with Crippen molar-refractivity contribution >= 4 is 23.6 Å². The van der Waals surface area contributed by atoms with Crippen LogP contribution in [0.3, 0.4) is 0 Å². The zero-order chi connectivity index (χ0) is 15.6. The van der Waals surface area contributed by atoms with Gasteiger partial charge in [0.2, 0.25) is 5.91 Å². The van der Waals surface area contributed by atoms with E-state index in [9.17, 15) is 9.59 Å². The molecule has 0 spiro atoms. The smallest absolute Gasteiger partial charge is 0.271 e. The van der Waals surface area contributed by atoms with Crippen molar-refractivity contribution < 1.29 is 9.59 Å². The number of nitrogens with one attached hydrogen (secondary N) is 2. The van der Waals surface area contributed by atoms with Gasteiger partial charge < -0.3 is 0 Å². The number of carbonyl (C=O) groups is 2. The Morgan fingerprint density at radius 3 is 2.59 bits per heavy atom. The molecule has 2 amide bonds. The number of benzene rings is 1. The molecule has 0 atom stereocenters. The van der Waals surface area contributed by atoms with E-state index in [4.69, 9.17) is 0 Å². The lowest BCUT2D eigenvalue weighted by molar-refractivity contribution is -0.121. The van der Waals surface area contributed by atoms with Gasteiger partial charge in [0.15, 0.2) is 0 Å². The first-order chi connectivity index (χ1) is 10.8. The Hall–Kier alpha value is -2.34. The summed E-state index contributed by atoms with van der Waals surface area (Å²) in [5, 5.41) is 0. The molecule has 0 bridgehead atoms. The fraction of sp³-hybridized carbons (Fsp3) is 0.188. The van der Waals surface area contributed by atoms with Crippen molar-refractivity contribution in [1.82, 2.24) is 15.8 Å². The molecule has 1 heterocycles. The highest BCUT2D eigenvalue weighted by Crippen LogP contribution is 2.18. The van der Waals surface area contributed by atoms with Crippen molar-refractivity contribution in [2.24, 2.45) is 0 Å². The monoisotopic (exact) mass is 315 g/mol. The molecule has 2 N–H and O–H groups in total. The zero-order valence-corrected chi connectivity index (χ0v) is 12.8. The van der Waals surface area contributed by atoms with Crippen LogP contribution in [0.15, 0.2) is 59.8 Å². The van der Waals surface area contributed by atoms with Gasteiger partial charge in [0.05, 0.1) is 5.56 Å². The summed E-state index contributed by atoms with van der Waals surface area (Å²) in [6.45, 7) is 0. The zero-order valence-electron chi connectivity index (χ0n) is 12.0. The van der Waals surface area contributed by atoms with Gasteiger partial charge in [-0.05, 0) is 36.4 Å². The number of nitrogens with zero attached hydrogens (tertiary/aromatic N) is 1. The maximum Gasteiger partial charge on any atom is 0.271 e. The van der Waals surface area contributed by atoms with Gasteiger partial charge in [0, 0.05) is 23.7 Å².